The SMILES string of the molecule is CC(C)(C)C(CO)Cc1cccs1. The van der Waals surface area contributed by atoms with Crippen LogP contribution in [0.1, 0.15) is 25.6 Å². The van der Waals surface area contributed by atoms with Crippen LogP contribution in [0.2, 0.25) is 0 Å². The van der Waals surface area contributed by atoms with E-state index >= 15 is 0 Å². The van der Waals surface area contributed by atoms with Crippen LogP contribution in [0, 0.1) is 11.3 Å². The van der Waals surface area contributed by atoms with Crippen LogP contribution < -0.4 is 0 Å². The third-order valence-corrected chi connectivity index (χ3v) is 3.37. The Kier molecular flexibility index (Phi) is 3.51. The minimum atomic E-state index is 0.193. The van der Waals surface area contributed by atoms with Gasteiger partial charge in [-0.2, -0.15) is 0 Å². The molecule has 0 fully saturated rings. The molecule has 2 heteroatoms. The van der Waals surface area contributed by atoms with Gasteiger partial charge >= 0.3 is 0 Å². The summed E-state index contributed by atoms with van der Waals surface area (Å²) in [5.41, 5.74) is 0.193. The molecule has 1 aromatic heterocycles. The van der Waals surface area contributed by atoms with Crippen molar-refractivity contribution in [2.75, 3.05) is 6.61 Å². The van der Waals surface area contributed by atoms with E-state index in [0.29, 0.717) is 5.92 Å². The molecule has 0 aliphatic rings. The average molecular weight is 198 g/mol. The minimum absolute atomic E-state index is 0.193. The van der Waals surface area contributed by atoms with E-state index in [1.54, 1.807) is 11.3 Å². The number of thiophene rings is 1. The number of hydrogen-bond donors (Lipinski definition) is 1. The first-order valence-corrected chi connectivity index (χ1v) is 5.55. The summed E-state index contributed by atoms with van der Waals surface area (Å²) in [5, 5.41) is 11.4. The van der Waals surface area contributed by atoms with Gasteiger partial charge in [0.15, 0.2) is 0 Å². The Labute approximate surface area is 84.4 Å². The van der Waals surface area contributed by atoms with Crippen molar-refractivity contribution in [3.05, 3.63) is 22.4 Å². The molecule has 1 aromatic rings. The molecule has 1 heterocycles. The molecule has 1 nitrogen and oxygen atoms in total. The topological polar surface area (TPSA) is 20.2 Å². The minimum Gasteiger partial charge on any atom is -0.396 e. The highest BCUT2D eigenvalue weighted by Gasteiger charge is 2.24. The van der Waals surface area contributed by atoms with E-state index in [-0.39, 0.29) is 12.0 Å². The Morgan fingerprint density at radius 2 is 2.15 bits per heavy atom. The summed E-state index contributed by atoms with van der Waals surface area (Å²) in [5.74, 6) is 0.367. The van der Waals surface area contributed by atoms with Crippen LogP contribution in [0.4, 0.5) is 0 Å². The van der Waals surface area contributed by atoms with Crippen LogP contribution in [0.5, 0.6) is 0 Å². The van der Waals surface area contributed by atoms with Crippen molar-refractivity contribution in [3.63, 3.8) is 0 Å². The van der Waals surface area contributed by atoms with Crippen molar-refractivity contribution in [1.82, 2.24) is 0 Å². The van der Waals surface area contributed by atoms with E-state index in [1.165, 1.54) is 4.88 Å². The second-order valence-corrected chi connectivity index (χ2v) is 5.56. The van der Waals surface area contributed by atoms with Crippen molar-refractivity contribution >= 4 is 11.3 Å². The molecule has 0 spiro atoms. The number of rotatable bonds is 3. The fraction of sp³-hybridized carbons (Fsp3) is 0.636. The summed E-state index contributed by atoms with van der Waals surface area (Å²) in [6, 6.07) is 4.20. The molecule has 1 rings (SSSR count). The Hall–Kier alpha value is -0.340. The fourth-order valence-corrected chi connectivity index (χ4v) is 2.10. The molecule has 1 N–H and O–H groups in total. The lowest BCUT2D eigenvalue weighted by molar-refractivity contribution is 0.132. The predicted octanol–water partition coefficient (Wildman–Crippen LogP) is 2.95. The largest absolute Gasteiger partial charge is 0.396 e. The van der Waals surface area contributed by atoms with Gasteiger partial charge in [-0.3, -0.25) is 0 Å². The monoisotopic (exact) mass is 198 g/mol. The number of aliphatic hydroxyl groups excluding tert-OH is 1. The lowest BCUT2D eigenvalue weighted by Crippen LogP contribution is -2.25. The van der Waals surface area contributed by atoms with Crippen LogP contribution in [0.25, 0.3) is 0 Å². The Balaban J connectivity index is 2.60. The van der Waals surface area contributed by atoms with Gasteiger partial charge in [0.05, 0.1) is 0 Å². The van der Waals surface area contributed by atoms with Gasteiger partial charge in [0.1, 0.15) is 0 Å². The Morgan fingerprint density at radius 3 is 2.54 bits per heavy atom. The molecule has 0 aliphatic heterocycles. The van der Waals surface area contributed by atoms with Gasteiger partial charge in [-0.1, -0.05) is 26.8 Å². The van der Waals surface area contributed by atoms with E-state index in [9.17, 15) is 5.11 Å². The molecule has 0 aliphatic carbocycles. The van der Waals surface area contributed by atoms with Crippen molar-refractivity contribution in [2.45, 2.75) is 27.2 Å². The van der Waals surface area contributed by atoms with Gasteiger partial charge in [-0.25, -0.2) is 0 Å². The van der Waals surface area contributed by atoms with E-state index < -0.39 is 0 Å². The molecule has 1 atom stereocenters. The first kappa shape index (κ1) is 10.7. The lowest BCUT2D eigenvalue weighted by Gasteiger charge is -2.28. The van der Waals surface area contributed by atoms with Crippen LogP contribution in [-0.2, 0) is 6.42 Å². The highest BCUT2D eigenvalue weighted by molar-refractivity contribution is 7.09. The van der Waals surface area contributed by atoms with Crippen molar-refractivity contribution < 1.29 is 5.11 Å². The summed E-state index contributed by atoms with van der Waals surface area (Å²) < 4.78 is 0. The van der Waals surface area contributed by atoms with Crippen LogP contribution in [-0.4, -0.2) is 11.7 Å². The van der Waals surface area contributed by atoms with Crippen LogP contribution in [0.3, 0.4) is 0 Å². The zero-order valence-corrected chi connectivity index (χ0v) is 9.40. The summed E-state index contributed by atoms with van der Waals surface area (Å²) in [4.78, 5) is 1.37. The highest BCUT2D eigenvalue weighted by Crippen LogP contribution is 2.29. The van der Waals surface area contributed by atoms with E-state index in [2.05, 4.69) is 38.3 Å². The zero-order chi connectivity index (χ0) is 9.90. The average Bonchev–Trinajstić information content (AvgIpc) is 2.49. The van der Waals surface area contributed by atoms with Gasteiger partial charge in [-0.05, 0) is 29.2 Å². The lowest BCUT2D eigenvalue weighted by atomic mass is 9.79. The van der Waals surface area contributed by atoms with Crippen molar-refractivity contribution in [1.29, 1.82) is 0 Å². The zero-order valence-electron chi connectivity index (χ0n) is 8.58. The Bertz CT molecular complexity index is 233. The van der Waals surface area contributed by atoms with Gasteiger partial charge in [0.2, 0.25) is 0 Å². The summed E-state index contributed by atoms with van der Waals surface area (Å²) in [6.45, 7) is 6.83. The second kappa shape index (κ2) is 4.25. The van der Waals surface area contributed by atoms with Crippen molar-refractivity contribution in [3.8, 4) is 0 Å². The number of aliphatic hydroxyl groups is 1. The van der Waals surface area contributed by atoms with Gasteiger partial charge in [0, 0.05) is 11.5 Å². The van der Waals surface area contributed by atoms with Gasteiger partial charge < -0.3 is 5.11 Å². The molecular weight excluding hydrogens is 180 g/mol. The third-order valence-electron chi connectivity index (χ3n) is 2.47. The summed E-state index contributed by atoms with van der Waals surface area (Å²) in [6.07, 6.45) is 0.998. The highest BCUT2D eigenvalue weighted by atomic mass is 32.1. The molecule has 0 bridgehead atoms. The van der Waals surface area contributed by atoms with E-state index in [1.807, 2.05) is 0 Å². The third kappa shape index (κ3) is 3.12. The quantitative estimate of drug-likeness (QED) is 0.791. The first-order valence-electron chi connectivity index (χ1n) is 4.67. The van der Waals surface area contributed by atoms with E-state index in [4.69, 9.17) is 0 Å². The molecule has 0 saturated heterocycles. The second-order valence-electron chi connectivity index (χ2n) is 4.53. The Morgan fingerprint density at radius 1 is 1.46 bits per heavy atom. The van der Waals surface area contributed by atoms with Crippen molar-refractivity contribution in [2.24, 2.45) is 11.3 Å². The predicted molar refractivity (Wildman–Crippen MR) is 58.1 cm³/mol. The maximum Gasteiger partial charge on any atom is 0.0467 e. The molecule has 0 amide bonds. The molecule has 1 unspecified atom stereocenters. The molecule has 74 valence electrons. The molecule has 0 aromatic carbocycles. The summed E-state index contributed by atoms with van der Waals surface area (Å²) in [7, 11) is 0. The van der Waals surface area contributed by atoms with Gasteiger partial charge in [0.25, 0.3) is 0 Å². The van der Waals surface area contributed by atoms with Gasteiger partial charge in [-0.15, -0.1) is 11.3 Å². The molecule has 0 saturated carbocycles. The van der Waals surface area contributed by atoms with Crippen LogP contribution >= 0.6 is 11.3 Å². The first-order chi connectivity index (χ1) is 6.04. The molecule has 13 heavy (non-hydrogen) atoms. The standard InChI is InChI=1S/C11H18OS/c1-11(2,3)9(8-12)7-10-5-4-6-13-10/h4-6,9,12H,7-8H2,1-3H3. The molecular formula is C11H18OS. The molecule has 0 radical (unpaired) electrons. The maximum absolute atomic E-state index is 9.27. The normalized spacial score (nSPS) is 14.5. The maximum atomic E-state index is 9.27. The van der Waals surface area contributed by atoms with E-state index in [0.717, 1.165) is 6.42 Å². The van der Waals surface area contributed by atoms with Crippen LogP contribution in [0.15, 0.2) is 17.5 Å². The number of hydrogen-bond acceptors (Lipinski definition) is 2. The smallest absolute Gasteiger partial charge is 0.0467 e. The summed E-state index contributed by atoms with van der Waals surface area (Å²) >= 11 is 1.77. The fourth-order valence-electron chi connectivity index (χ4n) is 1.32.